The van der Waals surface area contributed by atoms with Crippen molar-refractivity contribution in [3.05, 3.63) is 65.7 Å². The van der Waals surface area contributed by atoms with Crippen molar-refractivity contribution in [3.8, 4) is 5.75 Å². The summed E-state index contributed by atoms with van der Waals surface area (Å²) >= 11 is 0. The molecule has 1 saturated heterocycles. The zero-order valence-corrected chi connectivity index (χ0v) is 18.2. The molecule has 6 nitrogen and oxygen atoms in total. The van der Waals surface area contributed by atoms with Crippen molar-refractivity contribution in [3.63, 3.8) is 0 Å². The minimum absolute atomic E-state index is 0.174. The van der Waals surface area contributed by atoms with Gasteiger partial charge in [0.25, 0.3) is 0 Å². The number of carbonyl (C=O) groups excluding carboxylic acids is 2. The molecule has 1 fully saturated rings. The van der Waals surface area contributed by atoms with Crippen molar-refractivity contribution >= 4 is 11.9 Å². The molecule has 1 aliphatic rings. The number of β-lactam (4-membered cyclic amide) rings is 1. The number of nitrogens with one attached hydrogen (secondary N) is 1. The monoisotopic (exact) mass is 409 g/mol. The quantitative estimate of drug-likeness (QED) is 0.669. The molecular weight excluding hydrogens is 378 g/mol. The number of hydrogen-bond donors (Lipinski definition) is 1. The molecule has 6 heteroatoms. The molecule has 160 valence electrons. The van der Waals surface area contributed by atoms with Crippen LogP contribution in [0, 0.1) is 5.41 Å². The Hall–Kier alpha value is -2.86. The number of urea groups is 1. The number of amides is 3. The Labute approximate surface area is 178 Å². The van der Waals surface area contributed by atoms with E-state index in [1.165, 1.54) is 10.5 Å². The van der Waals surface area contributed by atoms with E-state index in [0.717, 1.165) is 12.1 Å². The predicted octanol–water partition coefficient (Wildman–Crippen LogP) is 4.01. The smallest absolute Gasteiger partial charge is 0.327 e. The Morgan fingerprint density at radius 3 is 2.23 bits per heavy atom. The van der Waals surface area contributed by atoms with E-state index in [2.05, 4.69) is 10.2 Å². The van der Waals surface area contributed by atoms with E-state index in [-0.39, 0.29) is 5.91 Å². The van der Waals surface area contributed by atoms with Gasteiger partial charge in [-0.15, -0.1) is 0 Å². The highest BCUT2D eigenvalue weighted by atomic mass is 16.5. The van der Waals surface area contributed by atoms with Crippen LogP contribution in [-0.4, -0.2) is 42.1 Å². The number of imide groups is 1. The summed E-state index contributed by atoms with van der Waals surface area (Å²) in [6.07, 6.45) is 0.623. The Bertz CT molecular complexity index is 861. The fourth-order valence-corrected chi connectivity index (χ4v) is 3.93. The van der Waals surface area contributed by atoms with Crippen LogP contribution < -0.4 is 10.1 Å². The first kappa shape index (κ1) is 21.8. The van der Waals surface area contributed by atoms with E-state index in [1.54, 1.807) is 0 Å². The molecule has 2 aromatic rings. The van der Waals surface area contributed by atoms with Crippen molar-refractivity contribution in [1.29, 1.82) is 0 Å². The van der Waals surface area contributed by atoms with Crippen molar-refractivity contribution < 1.29 is 14.3 Å². The van der Waals surface area contributed by atoms with Crippen LogP contribution in [0.15, 0.2) is 54.6 Å². The van der Waals surface area contributed by atoms with Gasteiger partial charge >= 0.3 is 6.03 Å². The van der Waals surface area contributed by atoms with E-state index in [4.69, 9.17) is 4.74 Å². The highest BCUT2D eigenvalue weighted by Crippen LogP contribution is 2.46. The van der Waals surface area contributed by atoms with E-state index in [0.29, 0.717) is 25.1 Å². The molecule has 0 aromatic heterocycles. The topological polar surface area (TPSA) is 61.9 Å². The summed E-state index contributed by atoms with van der Waals surface area (Å²) < 4.78 is 6.19. The van der Waals surface area contributed by atoms with E-state index in [9.17, 15) is 9.59 Å². The summed E-state index contributed by atoms with van der Waals surface area (Å²) in [5, 5.41) is 2.84. The van der Waals surface area contributed by atoms with Gasteiger partial charge in [-0.25, -0.2) is 9.69 Å². The Morgan fingerprint density at radius 2 is 1.67 bits per heavy atom. The average molecular weight is 410 g/mol. The van der Waals surface area contributed by atoms with E-state index >= 15 is 0 Å². The predicted molar refractivity (Wildman–Crippen MR) is 117 cm³/mol. The second-order valence-corrected chi connectivity index (χ2v) is 8.03. The summed E-state index contributed by atoms with van der Waals surface area (Å²) in [7, 11) is 4.04. The largest absolute Gasteiger partial charge is 0.469 e. The average Bonchev–Trinajstić information content (AvgIpc) is 2.75. The first-order valence-corrected chi connectivity index (χ1v) is 10.5. The molecule has 0 aliphatic carbocycles. The molecule has 1 heterocycles. The molecule has 2 aromatic carbocycles. The maximum Gasteiger partial charge on any atom is 0.327 e. The number of likely N-dealkylation sites (tertiary alicyclic amines) is 1. The normalized spacial score (nSPS) is 17.6. The lowest BCUT2D eigenvalue weighted by molar-refractivity contribution is -0.190. The van der Waals surface area contributed by atoms with Crippen molar-refractivity contribution in [1.82, 2.24) is 15.1 Å². The fraction of sp³-hybridized carbons (Fsp3) is 0.417. The number of carbonyl (C=O) groups is 2. The minimum Gasteiger partial charge on any atom is -0.469 e. The molecule has 3 rings (SSSR count). The Balaban J connectivity index is 1.73. The van der Waals surface area contributed by atoms with Crippen LogP contribution in [0.4, 0.5) is 4.79 Å². The first-order chi connectivity index (χ1) is 14.4. The van der Waals surface area contributed by atoms with Crippen molar-refractivity contribution in [2.45, 2.75) is 46.0 Å². The van der Waals surface area contributed by atoms with Crippen molar-refractivity contribution in [2.24, 2.45) is 5.41 Å². The molecule has 1 atom stereocenters. The lowest BCUT2D eigenvalue weighted by atomic mass is 9.72. The second-order valence-electron chi connectivity index (χ2n) is 8.03. The summed E-state index contributed by atoms with van der Waals surface area (Å²) in [6, 6.07) is 17.0. The molecule has 3 amide bonds. The Morgan fingerprint density at radius 1 is 1.03 bits per heavy atom. The highest BCUT2D eigenvalue weighted by molar-refractivity contribution is 6.03. The van der Waals surface area contributed by atoms with Crippen LogP contribution in [0.25, 0.3) is 0 Å². The van der Waals surface area contributed by atoms with E-state index < -0.39 is 17.7 Å². The standard InChI is InChI=1S/C24H31N3O3/c1-5-24(6-2)21(28)27(23(29)25-16-18-10-8-7-9-11-18)22(24)30-20-14-12-19(13-15-20)17-26(3)4/h7-15,22H,5-6,16-17H2,1-4H3,(H,25,29). The third-order valence-corrected chi connectivity index (χ3v) is 5.79. The second kappa shape index (κ2) is 9.30. The number of benzene rings is 2. The van der Waals surface area contributed by atoms with Gasteiger partial charge in [0.15, 0.2) is 6.23 Å². The van der Waals surface area contributed by atoms with Crippen LogP contribution in [0.3, 0.4) is 0 Å². The van der Waals surface area contributed by atoms with Crippen LogP contribution in [0.2, 0.25) is 0 Å². The molecule has 30 heavy (non-hydrogen) atoms. The SMILES string of the molecule is CCC1(CC)C(=O)N(C(=O)NCc2ccccc2)C1Oc1ccc(CN(C)C)cc1. The summed E-state index contributed by atoms with van der Waals surface area (Å²) in [6.45, 7) is 5.14. The molecule has 1 N–H and O–H groups in total. The van der Waals surface area contributed by atoms with Crippen LogP contribution in [-0.2, 0) is 17.9 Å². The molecule has 1 aliphatic heterocycles. The zero-order valence-electron chi connectivity index (χ0n) is 18.2. The minimum atomic E-state index is -0.674. The summed E-state index contributed by atoms with van der Waals surface area (Å²) in [4.78, 5) is 29.1. The van der Waals surface area contributed by atoms with Gasteiger partial charge < -0.3 is 15.0 Å². The van der Waals surface area contributed by atoms with Gasteiger partial charge in [-0.05, 0) is 50.2 Å². The first-order valence-electron chi connectivity index (χ1n) is 10.5. The number of rotatable bonds is 8. The number of hydrogen-bond acceptors (Lipinski definition) is 4. The van der Waals surface area contributed by atoms with Crippen molar-refractivity contribution in [2.75, 3.05) is 14.1 Å². The van der Waals surface area contributed by atoms with Gasteiger partial charge in [0, 0.05) is 13.1 Å². The Kier molecular flexibility index (Phi) is 6.77. The fourth-order valence-electron chi connectivity index (χ4n) is 3.93. The summed E-state index contributed by atoms with van der Waals surface area (Å²) in [5.74, 6) is 0.481. The lowest BCUT2D eigenvalue weighted by Crippen LogP contribution is -2.73. The van der Waals surface area contributed by atoms with Gasteiger partial charge in [-0.1, -0.05) is 56.3 Å². The maximum absolute atomic E-state index is 13.0. The molecule has 0 bridgehead atoms. The van der Waals surface area contributed by atoms with Gasteiger partial charge in [-0.2, -0.15) is 0 Å². The molecule has 0 spiro atoms. The van der Waals surface area contributed by atoms with Gasteiger partial charge in [0.1, 0.15) is 11.2 Å². The van der Waals surface area contributed by atoms with Gasteiger partial charge in [0.05, 0.1) is 0 Å². The number of ether oxygens (including phenoxy) is 1. The third kappa shape index (κ3) is 4.33. The van der Waals surface area contributed by atoms with Gasteiger partial charge in [0.2, 0.25) is 5.91 Å². The summed E-state index contributed by atoms with van der Waals surface area (Å²) in [5.41, 5.74) is 1.48. The third-order valence-electron chi connectivity index (χ3n) is 5.79. The van der Waals surface area contributed by atoms with E-state index in [1.807, 2.05) is 82.5 Å². The molecular formula is C24H31N3O3. The zero-order chi connectivity index (χ0) is 21.7. The molecule has 1 unspecified atom stereocenters. The van der Waals surface area contributed by atoms with Crippen LogP contribution in [0.1, 0.15) is 37.8 Å². The van der Waals surface area contributed by atoms with Crippen LogP contribution in [0.5, 0.6) is 5.75 Å². The molecule has 0 saturated carbocycles. The highest BCUT2D eigenvalue weighted by Gasteiger charge is 2.62. The van der Waals surface area contributed by atoms with Crippen LogP contribution >= 0.6 is 0 Å². The van der Waals surface area contributed by atoms with Gasteiger partial charge in [-0.3, -0.25) is 4.79 Å². The maximum atomic E-state index is 13.0. The molecule has 0 radical (unpaired) electrons. The number of nitrogens with zero attached hydrogens (tertiary/aromatic N) is 2. The lowest BCUT2D eigenvalue weighted by Gasteiger charge is -2.53.